The zero-order chi connectivity index (χ0) is 12.3. The molecule has 0 aromatic heterocycles. The van der Waals surface area contributed by atoms with Crippen LogP contribution in [0.5, 0.6) is 0 Å². The van der Waals surface area contributed by atoms with Crippen molar-refractivity contribution in [3.05, 3.63) is 36.4 Å². The van der Waals surface area contributed by atoms with Gasteiger partial charge in [-0.2, -0.15) is 0 Å². The van der Waals surface area contributed by atoms with Crippen molar-refractivity contribution in [3.8, 4) is 11.1 Å². The summed E-state index contributed by atoms with van der Waals surface area (Å²) in [6, 6.07) is 12.4. The highest BCUT2D eigenvalue weighted by molar-refractivity contribution is 7.80. The fourth-order valence-corrected chi connectivity index (χ4v) is 6.26. The van der Waals surface area contributed by atoms with Crippen LogP contribution >= 0.6 is 36.6 Å². The lowest BCUT2D eigenvalue weighted by Crippen LogP contribution is -1.91. The van der Waals surface area contributed by atoms with Crippen LogP contribution in [-0.4, -0.2) is 9.49 Å². The minimum atomic E-state index is -0.862. The topological polar surface area (TPSA) is 31.6 Å². The Morgan fingerprint density at radius 1 is 0.722 bits per heavy atom. The van der Waals surface area contributed by atoms with Gasteiger partial charge in [0.05, 0.1) is 25.1 Å². The average molecular weight is 313 g/mol. The first-order valence-electron chi connectivity index (χ1n) is 5.47. The summed E-state index contributed by atoms with van der Waals surface area (Å²) in [6.45, 7) is 0. The molecule has 0 amide bonds. The predicted octanol–water partition coefficient (Wildman–Crippen LogP) is 6.29. The minimum Gasteiger partial charge on any atom is -0.333 e. The second-order valence-electron chi connectivity index (χ2n) is 4.18. The van der Waals surface area contributed by atoms with Crippen molar-refractivity contribution in [2.75, 3.05) is 0 Å². The largest absolute Gasteiger partial charge is 0.333 e. The lowest BCUT2D eigenvalue weighted by Gasteiger charge is -2.18. The molecule has 4 rings (SSSR count). The number of H-pyrrole nitrogens is 2. The molecule has 0 radical (unpaired) electrons. The predicted molar refractivity (Wildman–Crippen MR) is 83.5 cm³/mol. The smallest absolute Gasteiger partial charge is 0.0520 e. The van der Waals surface area contributed by atoms with Gasteiger partial charge in [-0.05, 0) is 46.7 Å². The van der Waals surface area contributed by atoms with Gasteiger partial charge in [-0.15, -0.1) is 0 Å². The van der Waals surface area contributed by atoms with Crippen LogP contribution in [0.4, 0.5) is 0 Å². The first kappa shape index (κ1) is 11.1. The summed E-state index contributed by atoms with van der Waals surface area (Å²) in [7, 11) is -1.72. The molecule has 90 valence electrons. The summed E-state index contributed by atoms with van der Waals surface area (Å²) in [5, 5.41) is 2.36. The van der Waals surface area contributed by atoms with E-state index in [0.717, 1.165) is 11.0 Å². The quantitative estimate of drug-likeness (QED) is 0.357. The standard InChI is InChI=1S/C12H8Cl2N2P2/c13-17-9-5-2-6-10-12(9)11-7(15-17)3-1-4-8(11)16-18(10)14/h1-6,15-16H. The van der Waals surface area contributed by atoms with Crippen LogP contribution in [0, 0.1) is 0 Å². The maximum absolute atomic E-state index is 6.47. The van der Waals surface area contributed by atoms with E-state index >= 15 is 0 Å². The molecule has 0 aliphatic carbocycles. The molecule has 2 nitrogen and oxygen atoms in total. The molecule has 0 saturated heterocycles. The molecule has 2 aromatic carbocycles. The van der Waals surface area contributed by atoms with E-state index in [-0.39, 0.29) is 0 Å². The number of nitrogens with one attached hydrogen (secondary N) is 2. The molecular weight excluding hydrogens is 305 g/mol. The number of hydrogen-bond acceptors (Lipinski definition) is 0. The molecule has 2 atom stereocenters. The molecule has 2 aliphatic heterocycles. The van der Waals surface area contributed by atoms with Crippen molar-refractivity contribution >= 4 is 57.8 Å². The third-order valence-electron chi connectivity index (χ3n) is 3.20. The number of hydrogen-bond donors (Lipinski definition) is 2. The molecule has 6 heteroatoms. The molecule has 2 heterocycles. The molecule has 2 N–H and O–H groups in total. The number of aromatic amines is 2. The van der Waals surface area contributed by atoms with Crippen molar-refractivity contribution in [3.63, 3.8) is 0 Å². The Labute approximate surface area is 115 Å². The van der Waals surface area contributed by atoms with Crippen LogP contribution in [0.15, 0.2) is 36.4 Å². The van der Waals surface area contributed by atoms with Crippen LogP contribution in [0.2, 0.25) is 0 Å². The molecule has 0 bridgehead atoms. The van der Waals surface area contributed by atoms with Crippen molar-refractivity contribution < 1.29 is 0 Å². The number of aromatic nitrogens is 2. The SMILES string of the molecule is Clp1[nH]c2cccc3[nH]p(Cl)c4cccc1c4-c23. The number of rotatable bonds is 0. The highest BCUT2D eigenvalue weighted by atomic mass is 35.7. The van der Waals surface area contributed by atoms with Gasteiger partial charge < -0.3 is 9.49 Å². The van der Waals surface area contributed by atoms with Gasteiger partial charge in [0.2, 0.25) is 0 Å². The second-order valence-corrected chi connectivity index (χ2v) is 8.75. The van der Waals surface area contributed by atoms with E-state index in [1.807, 2.05) is 12.1 Å². The summed E-state index contributed by atoms with van der Waals surface area (Å²) in [6.07, 6.45) is 0. The summed E-state index contributed by atoms with van der Waals surface area (Å²) >= 11 is 12.9. The molecule has 0 spiro atoms. The van der Waals surface area contributed by atoms with Crippen molar-refractivity contribution in [2.45, 2.75) is 0 Å². The first-order valence-corrected chi connectivity index (χ1v) is 9.96. The van der Waals surface area contributed by atoms with Crippen LogP contribution in [0.25, 0.3) is 32.4 Å². The van der Waals surface area contributed by atoms with Crippen LogP contribution < -0.4 is 0 Å². The van der Waals surface area contributed by atoms with Gasteiger partial charge in [-0.1, -0.05) is 12.1 Å². The zero-order valence-electron chi connectivity index (χ0n) is 9.11. The number of halogens is 2. The second kappa shape index (κ2) is 3.85. The van der Waals surface area contributed by atoms with Crippen LogP contribution in [0.3, 0.4) is 0 Å². The average Bonchev–Trinajstić information content (AvgIpc) is 2.38. The number of benzene rings is 2. The van der Waals surface area contributed by atoms with E-state index in [1.165, 1.54) is 21.4 Å². The zero-order valence-corrected chi connectivity index (χ0v) is 12.4. The van der Waals surface area contributed by atoms with Crippen LogP contribution in [-0.2, 0) is 0 Å². The molecule has 18 heavy (non-hydrogen) atoms. The summed E-state index contributed by atoms with van der Waals surface area (Å²) in [5.74, 6) is 0. The first-order chi connectivity index (χ1) is 8.75. The van der Waals surface area contributed by atoms with Crippen molar-refractivity contribution in [2.24, 2.45) is 0 Å². The highest BCUT2D eigenvalue weighted by Gasteiger charge is 2.18. The molecule has 2 aliphatic rings. The van der Waals surface area contributed by atoms with Gasteiger partial charge in [0, 0.05) is 21.4 Å². The normalized spacial score (nSPS) is 13.9. The van der Waals surface area contributed by atoms with Gasteiger partial charge in [-0.25, -0.2) is 0 Å². The Kier molecular flexibility index (Phi) is 2.37. The maximum Gasteiger partial charge on any atom is 0.0520 e. The van der Waals surface area contributed by atoms with E-state index < -0.39 is 14.1 Å². The third-order valence-corrected chi connectivity index (χ3v) is 7.26. The fraction of sp³-hybridized carbons (Fsp3) is 0. The lowest BCUT2D eigenvalue weighted by molar-refractivity contribution is 1.55. The lowest BCUT2D eigenvalue weighted by atomic mass is 10.0. The fourth-order valence-electron chi connectivity index (χ4n) is 2.45. The van der Waals surface area contributed by atoms with Gasteiger partial charge in [0.15, 0.2) is 0 Å². The third kappa shape index (κ3) is 1.38. The molecule has 2 aromatic rings. The summed E-state index contributed by atoms with van der Waals surface area (Å²) in [4.78, 5) is 0. The van der Waals surface area contributed by atoms with E-state index in [1.54, 1.807) is 0 Å². The Bertz CT molecular complexity index is 802. The minimum absolute atomic E-state index is 0.862. The Morgan fingerprint density at radius 3 is 1.78 bits per heavy atom. The van der Waals surface area contributed by atoms with Crippen LogP contribution in [0.1, 0.15) is 0 Å². The molecule has 0 fully saturated rings. The van der Waals surface area contributed by atoms with E-state index in [2.05, 4.69) is 33.8 Å². The Morgan fingerprint density at radius 2 is 1.22 bits per heavy atom. The van der Waals surface area contributed by atoms with E-state index in [9.17, 15) is 0 Å². The highest BCUT2D eigenvalue weighted by Crippen LogP contribution is 2.53. The Hall–Kier alpha value is -0.780. The molecular formula is C12H8Cl2N2P2. The Balaban J connectivity index is 2.44. The van der Waals surface area contributed by atoms with E-state index in [4.69, 9.17) is 22.5 Å². The molecule has 0 saturated carbocycles. The maximum atomic E-state index is 6.47. The molecule has 2 unspecified atom stereocenters. The van der Waals surface area contributed by atoms with Gasteiger partial charge >= 0.3 is 0 Å². The van der Waals surface area contributed by atoms with Crippen molar-refractivity contribution in [1.82, 2.24) is 9.49 Å². The van der Waals surface area contributed by atoms with Gasteiger partial charge in [-0.3, -0.25) is 0 Å². The van der Waals surface area contributed by atoms with E-state index in [0.29, 0.717) is 0 Å². The summed E-state index contributed by atoms with van der Waals surface area (Å²) in [5.41, 5.74) is 4.64. The van der Waals surface area contributed by atoms with Gasteiger partial charge in [0.25, 0.3) is 0 Å². The van der Waals surface area contributed by atoms with Crippen molar-refractivity contribution in [1.29, 1.82) is 0 Å². The summed E-state index contributed by atoms with van der Waals surface area (Å²) < 4.78 is 6.77. The monoisotopic (exact) mass is 312 g/mol. The van der Waals surface area contributed by atoms with Gasteiger partial charge in [0.1, 0.15) is 0 Å².